The first kappa shape index (κ1) is 23.8. The van der Waals surface area contributed by atoms with Crippen molar-refractivity contribution in [2.45, 2.75) is 58.3 Å². The first-order valence-electron chi connectivity index (χ1n) is 9.39. The van der Waals surface area contributed by atoms with Crippen molar-refractivity contribution in [3.63, 3.8) is 0 Å². The molecule has 0 amide bonds. The molecule has 0 rings (SSSR count). The van der Waals surface area contributed by atoms with Gasteiger partial charge in [-0.3, -0.25) is 9.59 Å². The maximum Gasteiger partial charge on any atom is 0.327 e. The summed E-state index contributed by atoms with van der Waals surface area (Å²) in [6.45, 7) is 1.88. The Balaban J connectivity index is 3.55. The number of rotatable bonds is 14. The van der Waals surface area contributed by atoms with Crippen LogP contribution < -0.4 is 5.73 Å². The Morgan fingerprint density at radius 3 is 1.65 bits per heavy atom. The van der Waals surface area contributed by atoms with E-state index in [0.717, 1.165) is 38.5 Å². The van der Waals surface area contributed by atoms with Crippen molar-refractivity contribution in [3.8, 4) is 0 Å². The van der Waals surface area contributed by atoms with Gasteiger partial charge in [0.1, 0.15) is 0 Å². The van der Waals surface area contributed by atoms with Crippen LogP contribution in [0.15, 0.2) is 60.8 Å². The van der Waals surface area contributed by atoms with Crippen LogP contribution in [-0.4, -0.2) is 18.5 Å². The third kappa shape index (κ3) is 18.1. The molecule has 0 saturated carbocycles. The number of nitrogens with two attached hydrogens (primary N) is 1. The Bertz CT molecular complexity index is 513. The SMILES string of the molecule is CC/C=C\C/C=C\C/C=C\C/C=C\C/C=C\CCCC(=O)OC(=O)CN. The van der Waals surface area contributed by atoms with Gasteiger partial charge in [0.05, 0.1) is 6.54 Å². The highest BCUT2D eigenvalue weighted by Gasteiger charge is 2.06. The maximum absolute atomic E-state index is 11.2. The Labute approximate surface area is 158 Å². The van der Waals surface area contributed by atoms with Crippen molar-refractivity contribution < 1.29 is 14.3 Å². The second-order valence-corrected chi connectivity index (χ2v) is 5.65. The first-order valence-corrected chi connectivity index (χ1v) is 9.39. The quantitative estimate of drug-likeness (QED) is 0.206. The molecule has 26 heavy (non-hydrogen) atoms. The van der Waals surface area contributed by atoms with Crippen LogP contribution in [0, 0.1) is 0 Å². The fourth-order valence-corrected chi connectivity index (χ4v) is 1.95. The lowest BCUT2D eigenvalue weighted by Crippen LogP contribution is -2.20. The van der Waals surface area contributed by atoms with E-state index in [4.69, 9.17) is 5.73 Å². The summed E-state index contributed by atoms with van der Waals surface area (Å²) in [6.07, 6.45) is 28.1. The second kappa shape index (κ2) is 19.1. The molecule has 0 radical (unpaired) electrons. The summed E-state index contributed by atoms with van der Waals surface area (Å²) in [6, 6.07) is 0. The molecule has 2 N–H and O–H groups in total. The molecule has 0 atom stereocenters. The van der Waals surface area contributed by atoms with E-state index in [1.165, 1.54) is 0 Å². The third-order valence-electron chi connectivity index (χ3n) is 3.30. The van der Waals surface area contributed by atoms with E-state index in [9.17, 15) is 9.59 Å². The van der Waals surface area contributed by atoms with E-state index in [2.05, 4.69) is 66.3 Å². The average molecular weight is 360 g/mol. The van der Waals surface area contributed by atoms with E-state index in [1.807, 2.05) is 6.08 Å². The van der Waals surface area contributed by atoms with Crippen molar-refractivity contribution in [1.82, 2.24) is 0 Å². The van der Waals surface area contributed by atoms with Crippen molar-refractivity contribution in [2.24, 2.45) is 5.73 Å². The minimum atomic E-state index is -0.676. The molecule has 144 valence electrons. The Hall–Kier alpha value is -2.20. The fourth-order valence-electron chi connectivity index (χ4n) is 1.95. The standard InChI is InChI=1S/C22H33NO3/c1-2-3-4-5-6-7-8-9-10-11-12-13-14-15-16-17-18-19-21(24)26-22(25)20-23/h3-4,6-7,9-10,12-13,15-16H,2,5,8,11,14,17-20,23H2,1H3/b4-3-,7-6-,10-9-,13-12-,16-15-. The van der Waals surface area contributed by atoms with Crippen LogP contribution in [0.2, 0.25) is 0 Å². The summed E-state index contributed by atoms with van der Waals surface area (Å²) in [5.74, 6) is -1.18. The predicted molar refractivity (Wildman–Crippen MR) is 108 cm³/mol. The van der Waals surface area contributed by atoms with Crippen LogP contribution in [0.25, 0.3) is 0 Å². The van der Waals surface area contributed by atoms with Gasteiger partial charge in [0.25, 0.3) is 0 Å². The maximum atomic E-state index is 11.2. The molecule has 0 aromatic rings. The van der Waals surface area contributed by atoms with Crippen LogP contribution in [0.4, 0.5) is 0 Å². The molecule has 0 bridgehead atoms. The lowest BCUT2D eigenvalue weighted by atomic mass is 10.2. The molecule has 4 heteroatoms. The predicted octanol–water partition coefficient (Wildman–Crippen LogP) is 4.94. The summed E-state index contributed by atoms with van der Waals surface area (Å²) in [4.78, 5) is 22.0. The van der Waals surface area contributed by atoms with Crippen LogP contribution in [0.1, 0.15) is 58.3 Å². The number of unbranched alkanes of at least 4 members (excludes halogenated alkanes) is 1. The molecular weight excluding hydrogens is 326 g/mol. The largest absolute Gasteiger partial charge is 0.392 e. The van der Waals surface area contributed by atoms with E-state index < -0.39 is 11.9 Å². The van der Waals surface area contributed by atoms with Gasteiger partial charge in [-0.25, -0.2) is 0 Å². The van der Waals surface area contributed by atoms with Crippen LogP contribution in [0.5, 0.6) is 0 Å². The minimum absolute atomic E-state index is 0.236. The van der Waals surface area contributed by atoms with Crippen LogP contribution >= 0.6 is 0 Å². The van der Waals surface area contributed by atoms with Crippen molar-refractivity contribution in [3.05, 3.63) is 60.8 Å². The molecule has 0 aliphatic carbocycles. The lowest BCUT2D eigenvalue weighted by molar-refractivity contribution is -0.158. The highest BCUT2D eigenvalue weighted by molar-refractivity contribution is 5.86. The van der Waals surface area contributed by atoms with Gasteiger partial charge in [0.15, 0.2) is 0 Å². The molecule has 0 spiro atoms. The Morgan fingerprint density at radius 2 is 1.19 bits per heavy atom. The minimum Gasteiger partial charge on any atom is -0.392 e. The van der Waals surface area contributed by atoms with E-state index in [-0.39, 0.29) is 13.0 Å². The van der Waals surface area contributed by atoms with E-state index >= 15 is 0 Å². The Morgan fingerprint density at radius 1 is 0.731 bits per heavy atom. The molecule has 4 nitrogen and oxygen atoms in total. The molecule has 0 unspecified atom stereocenters. The number of hydrogen-bond acceptors (Lipinski definition) is 4. The molecule has 0 saturated heterocycles. The highest BCUT2D eigenvalue weighted by atomic mass is 16.6. The zero-order chi connectivity index (χ0) is 19.3. The summed E-state index contributed by atoms with van der Waals surface area (Å²) < 4.78 is 4.48. The zero-order valence-electron chi connectivity index (χ0n) is 15.9. The third-order valence-corrected chi connectivity index (χ3v) is 3.30. The van der Waals surface area contributed by atoms with Gasteiger partial charge in [-0.1, -0.05) is 67.7 Å². The van der Waals surface area contributed by atoms with Gasteiger partial charge in [-0.2, -0.15) is 0 Å². The molecule has 0 aliphatic heterocycles. The topological polar surface area (TPSA) is 69.4 Å². The Kier molecular flexibility index (Phi) is 17.5. The summed E-state index contributed by atoms with van der Waals surface area (Å²) in [5, 5.41) is 0. The number of ether oxygens (including phenoxy) is 1. The molecule has 0 aromatic carbocycles. The van der Waals surface area contributed by atoms with E-state index in [0.29, 0.717) is 6.42 Å². The first-order chi connectivity index (χ1) is 12.7. The molecule has 0 fully saturated rings. The fraction of sp³-hybridized carbons (Fsp3) is 0.455. The van der Waals surface area contributed by atoms with Crippen molar-refractivity contribution in [1.29, 1.82) is 0 Å². The number of carbonyl (C=O) groups excluding carboxylic acids is 2. The average Bonchev–Trinajstić information content (AvgIpc) is 2.64. The summed E-state index contributed by atoms with van der Waals surface area (Å²) in [7, 11) is 0. The van der Waals surface area contributed by atoms with Gasteiger partial charge in [0, 0.05) is 6.42 Å². The molecular formula is C22H33NO3. The van der Waals surface area contributed by atoms with E-state index in [1.54, 1.807) is 0 Å². The lowest BCUT2D eigenvalue weighted by Gasteiger charge is -1.99. The summed E-state index contributed by atoms with van der Waals surface area (Å²) >= 11 is 0. The van der Waals surface area contributed by atoms with Gasteiger partial charge in [0.2, 0.25) is 0 Å². The van der Waals surface area contributed by atoms with Crippen molar-refractivity contribution >= 4 is 11.9 Å². The van der Waals surface area contributed by atoms with Gasteiger partial charge < -0.3 is 10.5 Å². The molecule has 0 aliphatic rings. The number of carbonyl (C=O) groups is 2. The van der Waals surface area contributed by atoms with Gasteiger partial charge in [-0.05, 0) is 44.9 Å². The molecule has 0 heterocycles. The van der Waals surface area contributed by atoms with Crippen LogP contribution in [0.3, 0.4) is 0 Å². The van der Waals surface area contributed by atoms with Crippen molar-refractivity contribution in [2.75, 3.05) is 6.54 Å². The smallest absolute Gasteiger partial charge is 0.327 e. The second-order valence-electron chi connectivity index (χ2n) is 5.65. The monoisotopic (exact) mass is 359 g/mol. The normalized spacial score (nSPS) is 12.4. The number of hydrogen-bond donors (Lipinski definition) is 1. The molecule has 0 aromatic heterocycles. The zero-order valence-corrected chi connectivity index (χ0v) is 15.9. The number of allylic oxidation sites excluding steroid dienone is 10. The number of esters is 2. The highest BCUT2D eigenvalue weighted by Crippen LogP contribution is 2.01. The van der Waals surface area contributed by atoms with Crippen LogP contribution in [-0.2, 0) is 14.3 Å². The van der Waals surface area contributed by atoms with Gasteiger partial charge in [-0.15, -0.1) is 0 Å². The summed E-state index contributed by atoms with van der Waals surface area (Å²) in [5.41, 5.74) is 5.06. The van der Waals surface area contributed by atoms with Gasteiger partial charge >= 0.3 is 11.9 Å².